The maximum Gasteiger partial charge on any atom is 0.574 e. The molecular weight excluding hydrogens is 386 g/mol. The summed E-state index contributed by atoms with van der Waals surface area (Å²) < 4.78 is 32.0. The number of hydrogen-bond donors (Lipinski definition) is 3. The van der Waals surface area contributed by atoms with Crippen molar-refractivity contribution in [1.82, 2.24) is 5.32 Å². The van der Waals surface area contributed by atoms with E-state index in [-0.39, 0.29) is 0 Å². The van der Waals surface area contributed by atoms with Gasteiger partial charge in [-0.15, -0.1) is 0 Å². The fourth-order valence-corrected chi connectivity index (χ4v) is 6.24. The minimum absolute atomic E-state index is 0.501. The summed E-state index contributed by atoms with van der Waals surface area (Å²) in [4.78, 5) is 0. The summed E-state index contributed by atoms with van der Waals surface area (Å²) in [5.41, 5.74) is 10.7. The summed E-state index contributed by atoms with van der Waals surface area (Å²) in [7, 11) is -0.119. The molecule has 27 heavy (non-hydrogen) atoms. The molecular formula is C16H39N3O6Si2. The highest BCUT2D eigenvalue weighted by Gasteiger charge is 2.42. The highest BCUT2D eigenvalue weighted by atomic mass is 28.4. The van der Waals surface area contributed by atoms with Gasteiger partial charge in [-0.2, -0.15) is 0 Å². The number of nitrogens with one attached hydrogen (secondary N) is 1. The zero-order valence-electron chi connectivity index (χ0n) is 17.5. The van der Waals surface area contributed by atoms with Gasteiger partial charge in [-0.3, -0.25) is 0 Å². The molecule has 0 aliphatic heterocycles. The lowest BCUT2D eigenvalue weighted by Gasteiger charge is -2.25. The molecule has 0 aromatic rings. The van der Waals surface area contributed by atoms with Crippen LogP contribution in [0.1, 0.15) is 26.7 Å². The molecule has 162 valence electrons. The SMILES string of the molecule is C#CO[Si](CCCN)(OCC)OCC.CO[Si](CCCNCN)(OC)OC. The molecule has 0 saturated heterocycles. The molecule has 0 atom stereocenters. The molecule has 11 heteroatoms. The Kier molecular flexibility index (Phi) is 20.0. The van der Waals surface area contributed by atoms with E-state index in [1.54, 1.807) is 21.3 Å². The van der Waals surface area contributed by atoms with Crippen molar-refractivity contribution < 1.29 is 26.6 Å². The van der Waals surface area contributed by atoms with Crippen molar-refractivity contribution in [2.24, 2.45) is 11.5 Å². The van der Waals surface area contributed by atoms with Crippen LogP contribution in [0, 0.1) is 12.5 Å². The van der Waals surface area contributed by atoms with Gasteiger partial charge in [0, 0.05) is 53.3 Å². The van der Waals surface area contributed by atoms with Crippen LogP contribution in [0.15, 0.2) is 0 Å². The Morgan fingerprint density at radius 2 is 1.41 bits per heavy atom. The van der Waals surface area contributed by atoms with E-state index in [1.165, 1.54) is 0 Å². The lowest BCUT2D eigenvalue weighted by molar-refractivity contribution is 0.106. The van der Waals surface area contributed by atoms with Gasteiger partial charge in [0.25, 0.3) is 0 Å². The molecule has 0 amide bonds. The Bertz CT molecular complexity index is 356. The van der Waals surface area contributed by atoms with E-state index in [4.69, 9.17) is 44.4 Å². The van der Waals surface area contributed by atoms with Gasteiger partial charge in [0.05, 0.1) is 6.11 Å². The summed E-state index contributed by atoms with van der Waals surface area (Å²) >= 11 is 0. The first-order valence-electron chi connectivity index (χ1n) is 9.16. The highest BCUT2D eigenvalue weighted by molar-refractivity contribution is 6.61. The van der Waals surface area contributed by atoms with Crippen molar-refractivity contribution in [1.29, 1.82) is 0 Å². The van der Waals surface area contributed by atoms with Crippen LogP contribution in [-0.4, -0.2) is 71.9 Å². The van der Waals surface area contributed by atoms with Crippen LogP contribution >= 0.6 is 0 Å². The average Bonchev–Trinajstić information content (AvgIpc) is 2.68. The third kappa shape index (κ3) is 13.3. The summed E-state index contributed by atoms with van der Waals surface area (Å²) in [6.45, 7) is 6.81. The lowest BCUT2D eigenvalue weighted by Crippen LogP contribution is -2.45. The maximum absolute atomic E-state index is 5.51. The van der Waals surface area contributed by atoms with Crippen molar-refractivity contribution in [3.8, 4) is 12.5 Å². The number of nitrogens with two attached hydrogens (primary N) is 2. The molecule has 0 aromatic carbocycles. The number of hydrogen-bond acceptors (Lipinski definition) is 9. The Morgan fingerprint density at radius 3 is 1.78 bits per heavy atom. The van der Waals surface area contributed by atoms with Crippen molar-refractivity contribution in [3.63, 3.8) is 0 Å². The van der Waals surface area contributed by atoms with Crippen LogP contribution in [0.25, 0.3) is 0 Å². The van der Waals surface area contributed by atoms with Crippen molar-refractivity contribution in [3.05, 3.63) is 0 Å². The molecule has 0 aliphatic rings. The van der Waals surface area contributed by atoms with E-state index in [2.05, 4.69) is 11.4 Å². The molecule has 0 rings (SSSR count). The van der Waals surface area contributed by atoms with Crippen LogP contribution in [-0.2, 0) is 26.6 Å². The van der Waals surface area contributed by atoms with E-state index in [0.29, 0.717) is 32.5 Å². The molecule has 0 radical (unpaired) electrons. The standard InChI is InChI=1S/C9H19NO3Si.C7H20N2O3Si/c1-4-11-14(12-5-2,13-6-3)9-7-8-10;1-10-13(11-2,12-3)6-4-5-9-7-8/h1H,5-10H2,2-3H3;9H,4-8H2,1-3H3. The van der Waals surface area contributed by atoms with Gasteiger partial charge in [-0.1, -0.05) is 6.42 Å². The van der Waals surface area contributed by atoms with Gasteiger partial charge < -0.3 is 43.3 Å². The minimum atomic E-state index is -2.63. The van der Waals surface area contributed by atoms with E-state index in [0.717, 1.165) is 25.4 Å². The largest absolute Gasteiger partial charge is 0.574 e. The van der Waals surface area contributed by atoms with Crippen LogP contribution in [0.3, 0.4) is 0 Å². The van der Waals surface area contributed by atoms with Gasteiger partial charge >= 0.3 is 17.6 Å². The fraction of sp³-hybridized carbons (Fsp3) is 0.875. The first-order valence-corrected chi connectivity index (χ1v) is 13.0. The van der Waals surface area contributed by atoms with E-state index in [1.807, 2.05) is 13.8 Å². The van der Waals surface area contributed by atoms with Gasteiger partial charge in [0.15, 0.2) is 0 Å². The number of rotatable bonds is 16. The Hall–Kier alpha value is -0.526. The molecule has 0 unspecified atom stereocenters. The van der Waals surface area contributed by atoms with Gasteiger partial charge in [0.1, 0.15) is 0 Å². The molecule has 5 N–H and O–H groups in total. The average molecular weight is 426 g/mol. The second-order valence-corrected chi connectivity index (χ2v) is 11.0. The second-order valence-electron chi connectivity index (χ2n) is 5.26. The lowest BCUT2D eigenvalue weighted by atomic mass is 10.5. The molecule has 0 bridgehead atoms. The summed E-state index contributed by atoms with van der Waals surface area (Å²) in [6, 6.07) is 1.48. The fourth-order valence-electron chi connectivity index (χ4n) is 2.23. The zero-order valence-corrected chi connectivity index (χ0v) is 19.5. The highest BCUT2D eigenvalue weighted by Crippen LogP contribution is 2.17. The summed E-state index contributed by atoms with van der Waals surface area (Å²) in [5, 5.41) is 3.03. The molecule has 0 aliphatic carbocycles. The molecule has 0 fully saturated rings. The Balaban J connectivity index is 0. The van der Waals surface area contributed by atoms with Crippen LogP contribution < -0.4 is 16.8 Å². The van der Waals surface area contributed by atoms with Crippen molar-refractivity contribution >= 4 is 17.6 Å². The molecule has 0 saturated carbocycles. The zero-order chi connectivity index (χ0) is 21.0. The Morgan fingerprint density at radius 1 is 0.889 bits per heavy atom. The third-order valence-electron chi connectivity index (χ3n) is 3.54. The molecule has 0 heterocycles. The van der Waals surface area contributed by atoms with Gasteiger partial charge in [-0.25, -0.2) is 0 Å². The smallest absolute Gasteiger partial charge is 0.451 e. The normalized spacial score (nSPS) is 11.5. The first-order chi connectivity index (χ1) is 13.0. The topological polar surface area (TPSA) is 119 Å². The molecule has 9 nitrogen and oxygen atoms in total. The van der Waals surface area contributed by atoms with E-state index >= 15 is 0 Å². The van der Waals surface area contributed by atoms with Crippen LogP contribution in [0.4, 0.5) is 0 Å². The quantitative estimate of drug-likeness (QED) is 0.142. The maximum atomic E-state index is 5.51. The second kappa shape index (κ2) is 18.8. The van der Waals surface area contributed by atoms with Crippen molar-refractivity contribution in [2.45, 2.75) is 38.8 Å². The third-order valence-corrected chi connectivity index (χ3v) is 9.23. The summed E-state index contributed by atoms with van der Waals surface area (Å²) in [5.74, 6) is 0. The molecule has 0 aromatic heterocycles. The first kappa shape index (κ1) is 28.7. The summed E-state index contributed by atoms with van der Waals surface area (Å²) in [6.07, 6.45) is 9.02. The van der Waals surface area contributed by atoms with E-state index < -0.39 is 17.6 Å². The predicted octanol–water partition coefficient (Wildman–Crippen LogP) is 0.715. The van der Waals surface area contributed by atoms with Crippen molar-refractivity contribution in [2.75, 3.05) is 54.3 Å². The van der Waals surface area contributed by atoms with Crippen LogP contribution in [0.5, 0.6) is 0 Å². The minimum Gasteiger partial charge on any atom is -0.451 e. The number of terminal acetylenes is 1. The Labute approximate surface area is 167 Å². The monoisotopic (exact) mass is 425 g/mol. The van der Waals surface area contributed by atoms with Crippen LogP contribution in [0.2, 0.25) is 12.1 Å². The van der Waals surface area contributed by atoms with Gasteiger partial charge in [-0.05, 0) is 39.8 Å². The van der Waals surface area contributed by atoms with Gasteiger partial charge in [0.2, 0.25) is 0 Å². The molecule has 0 spiro atoms. The predicted molar refractivity (Wildman–Crippen MR) is 111 cm³/mol. The van der Waals surface area contributed by atoms with E-state index in [9.17, 15) is 0 Å².